The van der Waals surface area contributed by atoms with Crippen LogP contribution in [0.1, 0.15) is 38.5 Å². The second-order valence-electron chi connectivity index (χ2n) is 7.90. The highest BCUT2D eigenvalue weighted by atomic mass is 32.3. The van der Waals surface area contributed by atoms with Gasteiger partial charge in [-0.1, -0.05) is 6.07 Å². The fourth-order valence-corrected chi connectivity index (χ4v) is 3.79. The van der Waals surface area contributed by atoms with Crippen LogP contribution in [0.4, 0.5) is 11.5 Å². The van der Waals surface area contributed by atoms with Crippen molar-refractivity contribution in [3.05, 3.63) is 34.5 Å². The van der Waals surface area contributed by atoms with E-state index in [-0.39, 0.29) is 10.6 Å². The predicted octanol–water partition coefficient (Wildman–Crippen LogP) is 2.55. The normalized spacial score (nSPS) is 15.8. The average molecular weight is 458 g/mol. The van der Waals surface area contributed by atoms with E-state index in [9.17, 15) is 23.1 Å². The number of fused-ring (bicyclic) bond motifs is 1. The Hall–Kier alpha value is -2.28. The fraction of sp³-hybridized carbons (Fsp3) is 0.632. The summed E-state index contributed by atoms with van der Waals surface area (Å²) in [6, 6.07) is 5.33. The summed E-state index contributed by atoms with van der Waals surface area (Å²) in [7, 11) is -1.23. The number of nitrogens with one attached hydrogen (secondary N) is 1. The van der Waals surface area contributed by atoms with Crippen LogP contribution >= 0.6 is 0 Å². The molecule has 1 N–H and O–H groups in total. The van der Waals surface area contributed by atoms with Gasteiger partial charge in [0.1, 0.15) is 5.52 Å². The van der Waals surface area contributed by atoms with Crippen LogP contribution in [0.15, 0.2) is 24.4 Å². The van der Waals surface area contributed by atoms with Crippen LogP contribution in [0, 0.1) is 10.1 Å². The number of hydrogen-bond donors (Lipinski definition) is 1. The zero-order chi connectivity index (χ0) is 22.9. The summed E-state index contributed by atoms with van der Waals surface area (Å²) >= 11 is 0. The van der Waals surface area contributed by atoms with Crippen LogP contribution < -0.4 is 5.32 Å². The van der Waals surface area contributed by atoms with E-state index >= 15 is 0 Å². The van der Waals surface area contributed by atoms with Crippen LogP contribution in [0.25, 0.3) is 5.52 Å². The molecule has 0 amide bonds. The lowest BCUT2D eigenvalue weighted by Crippen LogP contribution is -2.48. The monoisotopic (exact) mass is 457 g/mol. The number of likely N-dealkylation sites (tertiary alicyclic amines) is 1. The zero-order valence-corrected chi connectivity index (χ0v) is 18.8. The Labute approximate surface area is 182 Å². The van der Waals surface area contributed by atoms with Crippen molar-refractivity contribution in [2.24, 2.45) is 0 Å². The Balaban J connectivity index is 0.000000501. The first-order chi connectivity index (χ1) is 14.7. The van der Waals surface area contributed by atoms with Crippen molar-refractivity contribution in [3.8, 4) is 0 Å². The number of hydrogen-bond acceptors (Lipinski definition) is 8. The predicted molar refractivity (Wildman–Crippen MR) is 116 cm³/mol. The van der Waals surface area contributed by atoms with Crippen molar-refractivity contribution < 1.29 is 26.6 Å². The van der Waals surface area contributed by atoms with Gasteiger partial charge >= 0.3 is 5.69 Å². The molecule has 2 aromatic rings. The Morgan fingerprint density at radius 3 is 2.52 bits per heavy atom. The maximum absolute atomic E-state index is 11.4. The van der Waals surface area contributed by atoms with Gasteiger partial charge in [0.05, 0.1) is 38.7 Å². The highest BCUT2D eigenvalue weighted by Gasteiger charge is 2.24. The molecule has 0 atom stereocenters. The zero-order valence-electron chi connectivity index (χ0n) is 18.0. The van der Waals surface area contributed by atoms with Crippen molar-refractivity contribution in [2.45, 2.75) is 38.5 Å². The van der Waals surface area contributed by atoms with Crippen molar-refractivity contribution in [1.82, 2.24) is 9.61 Å². The molecule has 174 valence electrons. The van der Waals surface area contributed by atoms with Crippen LogP contribution in [0.2, 0.25) is 0 Å². The minimum absolute atomic E-state index is 0.0620. The Bertz CT molecular complexity index is 956. The van der Waals surface area contributed by atoms with Gasteiger partial charge in [-0.2, -0.15) is 0 Å². The topological polar surface area (TPSA) is 139 Å². The van der Waals surface area contributed by atoms with Crippen LogP contribution in [-0.4, -0.2) is 72.3 Å². The maximum Gasteiger partial charge on any atom is 0.338 e. The molecule has 1 aliphatic rings. The number of nitrogens with zero attached hydrogens (tertiary/aromatic N) is 4. The van der Waals surface area contributed by atoms with E-state index in [0.717, 1.165) is 20.0 Å². The van der Waals surface area contributed by atoms with E-state index in [4.69, 9.17) is 0 Å². The molecule has 3 rings (SSSR count). The standard InChI is InChI=1S/C18H28N5O2.CH4O4S/c1-23(14-8-3-9-15-23)13-7-2-5-11-19-18-17(22(24)25)16-10-4-6-12-21(16)20-18;1-5-6(2,3)4/h4,6,10,12H,2-3,5,7-9,11,13-15H2,1H3,(H,19,20);1H3,(H,2,3,4)/q+1;/p-1. The molecule has 0 saturated carbocycles. The third-order valence-corrected chi connectivity index (χ3v) is 5.87. The second kappa shape index (κ2) is 11.4. The summed E-state index contributed by atoms with van der Waals surface area (Å²) in [5.41, 5.74) is 0.588. The summed E-state index contributed by atoms with van der Waals surface area (Å²) in [4.78, 5) is 11.0. The van der Waals surface area contributed by atoms with Gasteiger partial charge < -0.3 is 14.4 Å². The summed E-state index contributed by atoms with van der Waals surface area (Å²) in [5.74, 6) is 0.367. The minimum atomic E-state index is -4.41. The molecule has 2 aromatic heterocycles. The SMILES string of the molecule is COS(=O)(=O)[O-].C[N+]1(CCCCCNc2nn3ccccc3c2[N+](=O)[O-])CCCCC1. The lowest BCUT2D eigenvalue weighted by atomic mass is 10.1. The Kier molecular flexibility index (Phi) is 9.16. The summed E-state index contributed by atoms with van der Waals surface area (Å²) < 4.78 is 33.8. The average Bonchev–Trinajstić information content (AvgIpc) is 3.09. The minimum Gasteiger partial charge on any atom is -0.726 e. The van der Waals surface area contributed by atoms with Crippen molar-refractivity contribution in [3.63, 3.8) is 0 Å². The second-order valence-corrected chi connectivity index (χ2v) is 9.05. The van der Waals surface area contributed by atoms with Crippen LogP contribution in [-0.2, 0) is 14.6 Å². The number of piperidine rings is 1. The fourth-order valence-electron chi connectivity index (χ4n) is 3.79. The molecule has 0 spiro atoms. The van der Waals surface area contributed by atoms with Crippen LogP contribution in [0.5, 0.6) is 0 Å². The molecule has 11 nitrogen and oxygen atoms in total. The summed E-state index contributed by atoms with van der Waals surface area (Å²) in [5, 5.41) is 18.8. The van der Waals surface area contributed by atoms with Gasteiger partial charge in [0, 0.05) is 12.7 Å². The molecule has 0 radical (unpaired) electrons. The molecular formula is C19H31N5O6S. The third kappa shape index (κ3) is 8.05. The number of unbranched alkanes of at least 4 members (excludes halogenated alkanes) is 2. The van der Waals surface area contributed by atoms with Crippen molar-refractivity contribution in [2.75, 3.05) is 45.7 Å². The highest BCUT2D eigenvalue weighted by molar-refractivity contribution is 7.80. The largest absolute Gasteiger partial charge is 0.726 e. The Morgan fingerprint density at radius 2 is 1.90 bits per heavy atom. The first kappa shape index (κ1) is 25.0. The number of aromatic nitrogens is 2. The number of nitro groups is 1. The van der Waals surface area contributed by atoms with Crippen LogP contribution in [0.3, 0.4) is 0 Å². The quantitative estimate of drug-likeness (QED) is 0.151. The number of pyridine rings is 1. The lowest BCUT2D eigenvalue weighted by molar-refractivity contribution is -0.914. The molecule has 0 bridgehead atoms. The molecule has 0 unspecified atom stereocenters. The number of anilines is 1. The van der Waals surface area contributed by atoms with Crippen molar-refractivity contribution in [1.29, 1.82) is 0 Å². The van der Waals surface area contributed by atoms with E-state index in [0.29, 0.717) is 17.9 Å². The number of quaternary nitrogens is 1. The Morgan fingerprint density at radius 1 is 1.23 bits per heavy atom. The van der Waals surface area contributed by atoms with Gasteiger partial charge in [0.15, 0.2) is 0 Å². The van der Waals surface area contributed by atoms with Crippen molar-refractivity contribution >= 4 is 27.4 Å². The summed E-state index contributed by atoms with van der Waals surface area (Å²) in [6.45, 7) is 4.58. The molecule has 3 heterocycles. The van der Waals surface area contributed by atoms with Gasteiger partial charge in [0.25, 0.3) is 0 Å². The molecule has 1 aliphatic heterocycles. The smallest absolute Gasteiger partial charge is 0.338 e. The molecule has 0 aromatic carbocycles. The van der Waals surface area contributed by atoms with Gasteiger partial charge in [-0.15, -0.1) is 5.10 Å². The third-order valence-electron chi connectivity index (χ3n) is 5.46. The number of rotatable bonds is 9. The van der Waals surface area contributed by atoms with E-state index in [1.165, 1.54) is 49.8 Å². The first-order valence-electron chi connectivity index (χ1n) is 10.4. The van der Waals surface area contributed by atoms with Gasteiger partial charge in [0.2, 0.25) is 16.2 Å². The van der Waals surface area contributed by atoms with E-state index in [2.05, 4.69) is 21.6 Å². The molecular weight excluding hydrogens is 426 g/mol. The van der Waals surface area contributed by atoms with Gasteiger partial charge in [-0.3, -0.25) is 14.3 Å². The van der Waals surface area contributed by atoms with E-state index in [1.54, 1.807) is 22.8 Å². The van der Waals surface area contributed by atoms with E-state index in [1.807, 2.05) is 6.07 Å². The van der Waals surface area contributed by atoms with Gasteiger partial charge in [-0.25, -0.2) is 12.9 Å². The highest BCUT2D eigenvalue weighted by Crippen LogP contribution is 2.28. The molecule has 12 heteroatoms. The molecule has 0 aliphatic carbocycles. The van der Waals surface area contributed by atoms with Gasteiger partial charge in [-0.05, 0) is 50.7 Å². The molecule has 1 saturated heterocycles. The maximum atomic E-state index is 11.4. The first-order valence-corrected chi connectivity index (χ1v) is 11.7. The molecule has 31 heavy (non-hydrogen) atoms. The lowest BCUT2D eigenvalue weighted by Gasteiger charge is -2.37. The van der Waals surface area contributed by atoms with E-state index < -0.39 is 10.4 Å². The molecule has 1 fully saturated rings. The summed E-state index contributed by atoms with van der Waals surface area (Å²) in [6.07, 6.45) is 9.19.